The van der Waals surface area contributed by atoms with E-state index in [4.69, 9.17) is 5.11 Å². The molecule has 3 rings (SSSR count). The van der Waals surface area contributed by atoms with Crippen molar-refractivity contribution in [1.29, 1.82) is 0 Å². The highest BCUT2D eigenvalue weighted by molar-refractivity contribution is 7.22. The van der Waals surface area contributed by atoms with Crippen LogP contribution < -0.4 is 0 Å². The molecule has 1 aromatic carbocycles. The highest BCUT2D eigenvalue weighted by atomic mass is 32.1. The quantitative estimate of drug-likeness (QED) is 0.661. The van der Waals surface area contributed by atoms with Gasteiger partial charge in [0.25, 0.3) is 0 Å². The average Bonchev–Trinajstić information content (AvgIpc) is 2.95. The van der Waals surface area contributed by atoms with Crippen LogP contribution in [-0.2, 0) is 0 Å². The van der Waals surface area contributed by atoms with Gasteiger partial charge in [-0.05, 0) is 29.7 Å². The molecule has 5 heteroatoms. The van der Waals surface area contributed by atoms with Crippen molar-refractivity contribution in [2.24, 2.45) is 0 Å². The van der Waals surface area contributed by atoms with Gasteiger partial charge in [-0.15, -0.1) is 11.3 Å². The van der Waals surface area contributed by atoms with E-state index in [9.17, 15) is 9.90 Å². The maximum Gasteiger partial charge on any atom is 0.352 e. The Balaban J connectivity index is 2.13. The number of rotatable bonds is 2. The third kappa shape index (κ3) is 1.65. The summed E-state index contributed by atoms with van der Waals surface area (Å²) in [5, 5.41) is 19.5. The summed E-state index contributed by atoms with van der Waals surface area (Å²) < 4.78 is 0.805. The van der Waals surface area contributed by atoms with Gasteiger partial charge in [-0.2, -0.15) is 0 Å². The minimum absolute atomic E-state index is 0.159. The molecule has 4 nitrogen and oxygen atoms in total. The van der Waals surface area contributed by atoms with Crippen LogP contribution in [0.3, 0.4) is 0 Å². The number of carboxylic acid groups (broad SMARTS) is 1. The van der Waals surface area contributed by atoms with Gasteiger partial charge in [0.1, 0.15) is 11.4 Å². The zero-order valence-electron chi connectivity index (χ0n) is 9.18. The summed E-state index contributed by atoms with van der Waals surface area (Å²) in [6, 6.07) is 10.5. The molecule has 0 amide bonds. The number of aromatic hydroxyl groups is 1. The van der Waals surface area contributed by atoms with Gasteiger partial charge in [-0.1, -0.05) is 12.1 Å². The van der Waals surface area contributed by atoms with Crippen LogP contribution >= 0.6 is 11.3 Å². The van der Waals surface area contributed by atoms with Crippen molar-refractivity contribution in [2.45, 2.75) is 0 Å². The second kappa shape index (κ2) is 3.89. The van der Waals surface area contributed by atoms with Crippen molar-refractivity contribution in [2.75, 3.05) is 0 Å². The minimum Gasteiger partial charge on any atom is -0.506 e. The van der Waals surface area contributed by atoms with Crippen LogP contribution in [0.5, 0.6) is 5.75 Å². The summed E-state index contributed by atoms with van der Waals surface area (Å²) >= 11 is 1.43. The molecular formula is C13H9NO3S. The maximum atomic E-state index is 10.8. The lowest BCUT2D eigenvalue weighted by Crippen LogP contribution is -1.95. The number of phenols is 1. The smallest absolute Gasteiger partial charge is 0.352 e. The van der Waals surface area contributed by atoms with Gasteiger partial charge in [-0.25, -0.2) is 4.79 Å². The molecule has 2 heterocycles. The third-order valence-electron chi connectivity index (χ3n) is 2.71. The third-order valence-corrected chi connectivity index (χ3v) is 3.91. The van der Waals surface area contributed by atoms with Gasteiger partial charge in [0.15, 0.2) is 0 Å². The van der Waals surface area contributed by atoms with Crippen molar-refractivity contribution in [3.63, 3.8) is 0 Å². The Kier molecular flexibility index (Phi) is 2.34. The number of phenolic OH excluding ortho intramolecular Hbond substituents is 1. The number of fused-ring (bicyclic) bond motifs is 1. The number of aromatic carboxylic acids is 1. The van der Waals surface area contributed by atoms with Crippen LogP contribution in [0.2, 0.25) is 0 Å². The first-order chi connectivity index (χ1) is 8.65. The molecular weight excluding hydrogens is 250 g/mol. The highest BCUT2D eigenvalue weighted by Gasteiger charge is 2.11. The summed E-state index contributed by atoms with van der Waals surface area (Å²) in [5.74, 6) is -0.737. The molecule has 0 aliphatic carbocycles. The monoisotopic (exact) mass is 259 g/mol. The average molecular weight is 259 g/mol. The van der Waals surface area contributed by atoms with Crippen molar-refractivity contribution in [3.8, 4) is 16.3 Å². The second-order valence-electron chi connectivity index (χ2n) is 3.90. The molecule has 0 radical (unpaired) electrons. The van der Waals surface area contributed by atoms with Crippen molar-refractivity contribution >= 4 is 27.4 Å². The van der Waals surface area contributed by atoms with E-state index < -0.39 is 5.97 Å². The number of benzene rings is 1. The van der Waals surface area contributed by atoms with E-state index in [0.717, 1.165) is 20.7 Å². The fourth-order valence-corrected chi connectivity index (χ4v) is 2.90. The number of carbonyl (C=O) groups is 1. The van der Waals surface area contributed by atoms with Gasteiger partial charge >= 0.3 is 5.97 Å². The molecule has 2 aromatic heterocycles. The summed E-state index contributed by atoms with van der Waals surface area (Å²) in [4.78, 5) is 14.5. The van der Waals surface area contributed by atoms with Gasteiger partial charge < -0.3 is 15.2 Å². The molecule has 0 fully saturated rings. The Morgan fingerprint density at radius 2 is 2.06 bits per heavy atom. The zero-order chi connectivity index (χ0) is 12.7. The molecule has 0 saturated carbocycles. The Bertz CT molecular complexity index is 742. The SMILES string of the molecule is O=C(O)c1ccc(-c2cc3cccc(O)c3s2)[nH]1. The normalized spacial score (nSPS) is 10.9. The summed E-state index contributed by atoms with van der Waals surface area (Å²) in [6.45, 7) is 0. The number of aromatic amines is 1. The Morgan fingerprint density at radius 1 is 1.22 bits per heavy atom. The van der Waals surface area contributed by atoms with Crippen LogP contribution in [-0.4, -0.2) is 21.2 Å². The first-order valence-electron chi connectivity index (χ1n) is 5.29. The van der Waals surface area contributed by atoms with Gasteiger partial charge in [0.2, 0.25) is 0 Å². The predicted molar refractivity (Wildman–Crippen MR) is 70.2 cm³/mol. The fourth-order valence-electron chi connectivity index (χ4n) is 1.84. The van der Waals surface area contributed by atoms with Crippen LogP contribution in [0.4, 0.5) is 0 Å². The maximum absolute atomic E-state index is 10.8. The molecule has 0 spiro atoms. The largest absolute Gasteiger partial charge is 0.506 e. The van der Waals surface area contributed by atoms with E-state index in [2.05, 4.69) is 4.98 Å². The van der Waals surface area contributed by atoms with E-state index in [1.807, 2.05) is 12.1 Å². The Morgan fingerprint density at radius 3 is 2.72 bits per heavy atom. The molecule has 90 valence electrons. The molecule has 0 atom stereocenters. The minimum atomic E-state index is -0.981. The van der Waals surface area contributed by atoms with Crippen molar-refractivity contribution in [3.05, 3.63) is 42.1 Å². The lowest BCUT2D eigenvalue weighted by molar-refractivity contribution is 0.0691. The van der Waals surface area contributed by atoms with E-state index in [1.165, 1.54) is 17.4 Å². The number of aromatic nitrogens is 1. The highest BCUT2D eigenvalue weighted by Crippen LogP contribution is 2.37. The first-order valence-corrected chi connectivity index (χ1v) is 6.11. The number of hydrogen-bond donors (Lipinski definition) is 3. The number of H-pyrrole nitrogens is 1. The van der Waals surface area contributed by atoms with E-state index >= 15 is 0 Å². The Labute approximate surface area is 106 Å². The van der Waals surface area contributed by atoms with E-state index in [-0.39, 0.29) is 11.4 Å². The van der Waals surface area contributed by atoms with Crippen molar-refractivity contribution in [1.82, 2.24) is 4.98 Å². The Hall–Kier alpha value is -2.27. The van der Waals surface area contributed by atoms with Crippen LogP contribution in [0.25, 0.3) is 20.7 Å². The predicted octanol–water partition coefficient (Wildman–Crippen LogP) is 3.30. The fraction of sp³-hybridized carbons (Fsp3) is 0. The standard InChI is InChI=1S/C13H9NO3S/c15-10-3-1-2-7-6-11(18-12(7)10)8-4-5-9(14-8)13(16)17/h1-6,14-15H,(H,16,17). The van der Waals surface area contributed by atoms with Crippen LogP contribution in [0.1, 0.15) is 10.5 Å². The second-order valence-corrected chi connectivity index (χ2v) is 4.95. The van der Waals surface area contributed by atoms with E-state index in [0.29, 0.717) is 0 Å². The summed E-state index contributed by atoms with van der Waals surface area (Å²) in [5.41, 5.74) is 0.902. The number of carboxylic acids is 1. The van der Waals surface area contributed by atoms with Crippen LogP contribution in [0.15, 0.2) is 36.4 Å². The zero-order valence-corrected chi connectivity index (χ0v) is 9.99. The molecule has 0 aliphatic rings. The lowest BCUT2D eigenvalue weighted by atomic mass is 10.2. The summed E-state index contributed by atoms with van der Waals surface area (Å²) in [7, 11) is 0. The molecule has 0 aliphatic heterocycles. The molecule has 3 aromatic rings. The molecule has 0 unspecified atom stereocenters. The number of nitrogens with one attached hydrogen (secondary N) is 1. The van der Waals surface area contributed by atoms with Gasteiger partial charge in [-0.3, -0.25) is 0 Å². The molecule has 3 N–H and O–H groups in total. The first kappa shape index (κ1) is 10.9. The van der Waals surface area contributed by atoms with Crippen LogP contribution in [0, 0.1) is 0 Å². The van der Waals surface area contributed by atoms with Gasteiger partial charge in [0.05, 0.1) is 15.3 Å². The molecule has 18 heavy (non-hydrogen) atoms. The number of thiophene rings is 1. The lowest BCUT2D eigenvalue weighted by Gasteiger charge is -1.91. The van der Waals surface area contributed by atoms with Gasteiger partial charge in [0, 0.05) is 0 Å². The molecule has 0 saturated heterocycles. The topological polar surface area (TPSA) is 73.3 Å². The van der Waals surface area contributed by atoms with Crippen molar-refractivity contribution < 1.29 is 15.0 Å². The molecule has 0 bridgehead atoms. The number of hydrogen-bond acceptors (Lipinski definition) is 3. The van der Waals surface area contributed by atoms with E-state index in [1.54, 1.807) is 18.2 Å². The summed E-state index contributed by atoms with van der Waals surface area (Å²) in [6.07, 6.45) is 0.